The average Bonchev–Trinajstić information content (AvgIpc) is 2.71. The highest BCUT2D eigenvalue weighted by molar-refractivity contribution is 7.89. The van der Waals surface area contributed by atoms with Crippen LogP contribution in [0.15, 0.2) is 65.6 Å². The highest BCUT2D eigenvalue weighted by Crippen LogP contribution is 2.26. The van der Waals surface area contributed by atoms with Gasteiger partial charge in [-0.25, -0.2) is 13.1 Å². The van der Waals surface area contributed by atoms with Gasteiger partial charge in [0.2, 0.25) is 10.0 Å². The maximum atomic E-state index is 12.7. The van der Waals surface area contributed by atoms with Crippen molar-refractivity contribution in [2.75, 3.05) is 6.54 Å². The van der Waals surface area contributed by atoms with Crippen LogP contribution >= 0.6 is 0 Å². The first-order valence-electron chi connectivity index (χ1n) is 9.32. The predicted molar refractivity (Wildman–Crippen MR) is 107 cm³/mol. The van der Waals surface area contributed by atoms with Crippen LogP contribution < -0.4 is 4.72 Å². The highest BCUT2D eigenvalue weighted by atomic mass is 32.2. The first kappa shape index (κ1) is 18.2. The maximum absolute atomic E-state index is 12.7. The fourth-order valence-corrected chi connectivity index (χ4v) is 4.89. The second-order valence-corrected chi connectivity index (χ2v) is 8.84. The molecule has 4 rings (SSSR count). The molecule has 1 aliphatic carbocycles. The first-order valence-corrected chi connectivity index (χ1v) is 10.8. The smallest absolute Gasteiger partial charge is 0.240 e. The molecule has 4 nitrogen and oxygen atoms in total. The summed E-state index contributed by atoms with van der Waals surface area (Å²) < 4.78 is 28.0. The quantitative estimate of drug-likeness (QED) is 0.708. The molecule has 0 aliphatic heterocycles. The van der Waals surface area contributed by atoms with E-state index in [-0.39, 0.29) is 11.4 Å². The van der Waals surface area contributed by atoms with Crippen LogP contribution in [0.2, 0.25) is 0 Å². The normalized spacial score (nSPS) is 15.4. The van der Waals surface area contributed by atoms with Gasteiger partial charge in [-0.05, 0) is 65.3 Å². The van der Waals surface area contributed by atoms with Gasteiger partial charge in [-0.3, -0.25) is 0 Å². The Hall–Kier alpha value is -2.21. The van der Waals surface area contributed by atoms with E-state index >= 15 is 0 Å². The monoisotopic (exact) mass is 381 g/mol. The fourth-order valence-electron chi connectivity index (χ4n) is 3.80. The van der Waals surface area contributed by atoms with Gasteiger partial charge in [0.1, 0.15) is 0 Å². The Kier molecular flexibility index (Phi) is 5.00. The maximum Gasteiger partial charge on any atom is 0.240 e. The van der Waals surface area contributed by atoms with E-state index < -0.39 is 16.1 Å². The Labute approximate surface area is 159 Å². The van der Waals surface area contributed by atoms with E-state index in [9.17, 15) is 13.5 Å². The van der Waals surface area contributed by atoms with E-state index in [1.54, 1.807) is 12.1 Å². The van der Waals surface area contributed by atoms with Crippen molar-refractivity contribution < 1.29 is 13.5 Å². The van der Waals surface area contributed by atoms with Crippen LogP contribution in [-0.4, -0.2) is 20.1 Å². The molecule has 0 spiro atoms. The lowest BCUT2D eigenvalue weighted by Crippen LogP contribution is -2.28. The van der Waals surface area contributed by atoms with Crippen molar-refractivity contribution >= 4 is 20.8 Å². The summed E-state index contributed by atoms with van der Waals surface area (Å²) in [7, 11) is -3.66. The van der Waals surface area contributed by atoms with Crippen molar-refractivity contribution in [1.29, 1.82) is 0 Å². The van der Waals surface area contributed by atoms with Gasteiger partial charge < -0.3 is 5.11 Å². The number of hydrogen-bond acceptors (Lipinski definition) is 3. The van der Waals surface area contributed by atoms with E-state index in [0.717, 1.165) is 47.6 Å². The highest BCUT2D eigenvalue weighted by Gasteiger charge is 2.20. The standard InChI is InChI=1S/C22H23NO3S/c24-22(21-11-5-9-17-7-3-4-10-20(17)21)15-23-27(25,26)19-13-12-16-6-1-2-8-18(16)14-19/h3-5,7,9-14,22-24H,1-2,6,8,15H2/t22-/m0/s1. The van der Waals surface area contributed by atoms with Crippen molar-refractivity contribution in [1.82, 2.24) is 4.72 Å². The summed E-state index contributed by atoms with van der Waals surface area (Å²) in [6.07, 6.45) is 3.29. The van der Waals surface area contributed by atoms with Crippen LogP contribution in [0, 0.1) is 0 Å². The van der Waals surface area contributed by atoms with Gasteiger partial charge in [-0.1, -0.05) is 48.5 Å². The lowest BCUT2D eigenvalue weighted by Gasteiger charge is -2.18. The van der Waals surface area contributed by atoms with Crippen molar-refractivity contribution in [2.45, 2.75) is 36.7 Å². The second kappa shape index (κ2) is 7.43. The van der Waals surface area contributed by atoms with E-state index in [2.05, 4.69) is 4.72 Å². The topological polar surface area (TPSA) is 66.4 Å². The number of aliphatic hydroxyl groups is 1. The van der Waals surface area contributed by atoms with Gasteiger partial charge in [0.05, 0.1) is 11.0 Å². The molecule has 0 radical (unpaired) electrons. The second-order valence-electron chi connectivity index (χ2n) is 7.07. The third kappa shape index (κ3) is 3.76. The Morgan fingerprint density at radius 1 is 0.926 bits per heavy atom. The molecule has 1 aliphatic rings. The zero-order valence-electron chi connectivity index (χ0n) is 15.1. The zero-order valence-corrected chi connectivity index (χ0v) is 15.9. The molecule has 27 heavy (non-hydrogen) atoms. The van der Waals surface area contributed by atoms with Gasteiger partial charge in [-0.2, -0.15) is 0 Å². The molecular formula is C22H23NO3S. The van der Waals surface area contributed by atoms with E-state index in [0.29, 0.717) is 0 Å². The molecule has 3 aromatic rings. The number of aliphatic hydroxyl groups excluding tert-OH is 1. The molecule has 5 heteroatoms. The molecule has 0 amide bonds. The first-order chi connectivity index (χ1) is 13.0. The minimum Gasteiger partial charge on any atom is -0.387 e. The van der Waals surface area contributed by atoms with Crippen LogP contribution in [0.5, 0.6) is 0 Å². The molecule has 1 atom stereocenters. The number of rotatable bonds is 5. The Morgan fingerprint density at radius 2 is 1.67 bits per heavy atom. The van der Waals surface area contributed by atoms with Crippen LogP contribution in [0.25, 0.3) is 10.8 Å². The summed E-state index contributed by atoms with van der Waals surface area (Å²) in [5.41, 5.74) is 3.09. The summed E-state index contributed by atoms with van der Waals surface area (Å²) >= 11 is 0. The van der Waals surface area contributed by atoms with Gasteiger partial charge in [0.25, 0.3) is 0 Å². The lowest BCUT2D eigenvalue weighted by molar-refractivity contribution is 0.183. The number of sulfonamides is 1. The van der Waals surface area contributed by atoms with E-state index in [1.165, 1.54) is 5.56 Å². The van der Waals surface area contributed by atoms with Gasteiger partial charge >= 0.3 is 0 Å². The molecule has 0 aromatic heterocycles. The van der Waals surface area contributed by atoms with E-state index in [1.807, 2.05) is 48.5 Å². The minimum atomic E-state index is -3.66. The van der Waals surface area contributed by atoms with Crippen molar-refractivity contribution in [3.8, 4) is 0 Å². The summed E-state index contributed by atoms with van der Waals surface area (Å²) in [4.78, 5) is 0.272. The Morgan fingerprint density at radius 3 is 2.52 bits per heavy atom. The third-order valence-corrected chi connectivity index (χ3v) is 6.70. The summed E-state index contributed by atoms with van der Waals surface area (Å²) in [5, 5.41) is 12.5. The van der Waals surface area contributed by atoms with Crippen LogP contribution in [0.3, 0.4) is 0 Å². The summed E-state index contributed by atoms with van der Waals surface area (Å²) in [5.74, 6) is 0. The molecular weight excluding hydrogens is 358 g/mol. The van der Waals surface area contributed by atoms with Gasteiger partial charge in [0.15, 0.2) is 0 Å². The number of hydrogen-bond donors (Lipinski definition) is 2. The number of aryl methyl sites for hydroxylation is 2. The third-order valence-electron chi connectivity index (χ3n) is 5.28. The SMILES string of the molecule is O=S(=O)(NC[C@H](O)c1cccc2ccccc12)c1ccc2c(c1)CCCC2. The van der Waals surface area contributed by atoms with Crippen molar-refractivity contribution in [3.63, 3.8) is 0 Å². The van der Waals surface area contributed by atoms with Crippen LogP contribution in [0.1, 0.15) is 35.6 Å². The molecule has 0 bridgehead atoms. The number of nitrogens with one attached hydrogen (secondary N) is 1. The van der Waals surface area contributed by atoms with Crippen LogP contribution in [0.4, 0.5) is 0 Å². The van der Waals surface area contributed by atoms with Crippen molar-refractivity contribution in [3.05, 3.63) is 77.4 Å². The number of fused-ring (bicyclic) bond motifs is 2. The molecule has 0 fully saturated rings. The Bertz CT molecular complexity index is 1070. The largest absolute Gasteiger partial charge is 0.387 e. The van der Waals surface area contributed by atoms with Crippen LogP contribution in [-0.2, 0) is 22.9 Å². The van der Waals surface area contributed by atoms with Gasteiger partial charge in [-0.15, -0.1) is 0 Å². The average molecular weight is 381 g/mol. The molecule has 0 heterocycles. The summed E-state index contributed by atoms with van der Waals surface area (Å²) in [6, 6.07) is 18.8. The molecule has 3 aromatic carbocycles. The van der Waals surface area contributed by atoms with Crippen molar-refractivity contribution in [2.24, 2.45) is 0 Å². The van der Waals surface area contributed by atoms with E-state index in [4.69, 9.17) is 0 Å². The minimum absolute atomic E-state index is 0.0621. The Balaban J connectivity index is 1.53. The molecule has 0 unspecified atom stereocenters. The fraction of sp³-hybridized carbons (Fsp3) is 0.273. The summed E-state index contributed by atoms with van der Waals surface area (Å²) in [6.45, 7) is -0.0621. The number of benzene rings is 3. The predicted octanol–water partition coefficient (Wildman–Crippen LogP) is 3.73. The van der Waals surface area contributed by atoms with Gasteiger partial charge in [0, 0.05) is 6.54 Å². The molecule has 2 N–H and O–H groups in total. The lowest BCUT2D eigenvalue weighted by atomic mass is 9.92. The molecule has 0 saturated carbocycles. The molecule has 140 valence electrons. The zero-order chi connectivity index (χ0) is 18.9. The molecule has 0 saturated heterocycles.